The van der Waals surface area contributed by atoms with E-state index >= 15 is 0 Å². The van der Waals surface area contributed by atoms with Gasteiger partial charge >= 0.3 is 5.97 Å². The summed E-state index contributed by atoms with van der Waals surface area (Å²) in [6.07, 6.45) is 4.22. The lowest BCUT2D eigenvalue weighted by Crippen LogP contribution is -2.09. The van der Waals surface area contributed by atoms with Gasteiger partial charge in [-0.25, -0.2) is 9.37 Å². The molecule has 0 fully saturated rings. The number of allylic oxidation sites excluding steroid dienone is 4. The summed E-state index contributed by atoms with van der Waals surface area (Å²) in [5, 5.41) is 5.77. The molecule has 3 aromatic rings. The van der Waals surface area contributed by atoms with Crippen LogP contribution >= 0.6 is 22.9 Å². The number of imidazole rings is 1. The van der Waals surface area contributed by atoms with Crippen LogP contribution in [0.1, 0.15) is 30.3 Å². The molecular weight excluding hydrogens is 425 g/mol. The molecular formula is C22H21ClFN3O2S. The van der Waals surface area contributed by atoms with Gasteiger partial charge in [0.1, 0.15) is 17.3 Å². The van der Waals surface area contributed by atoms with Crippen molar-refractivity contribution < 1.29 is 13.9 Å². The van der Waals surface area contributed by atoms with Crippen molar-refractivity contribution in [3.63, 3.8) is 0 Å². The number of ether oxygens (including phenoxy) is 1. The van der Waals surface area contributed by atoms with Crippen LogP contribution < -0.4 is 5.32 Å². The Bertz CT molecular complexity index is 1170. The molecule has 0 aliphatic heterocycles. The molecule has 1 atom stereocenters. The van der Waals surface area contributed by atoms with Gasteiger partial charge in [-0.3, -0.25) is 9.20 Å². The molecule has 0 radical (unpaired) electrons. The van der Waals surface area contributed by atoms with E-state index < -0.39 is 0 Å². The van der Waals surface area contributed by atoms with Crippen LogP contribution in [0.4, 0.5) is 15.9 Å². The van der Waals surface area contributed by atoms with Crippen molar-refractivity contribution in [1.29, 1.82) is 0 Å². The number of aromatic nitrogens is 2. The van der Waals surface area contributed by atoms with Crippen molar-refractivity contribution in [3.05, 3.63) is 63.5 Å². The number of esters is 1. The van der Waals surface area contributed by atoms with Crippen molar-refractivity contribution in [1.82, 2.24) is 9.38 Å². The molecule has 1 N–H and O–H groups in total. The van der Waals surface area contributed by atoms with Gasteiger partial charge in [0.25, 0.3) is 0 Å². The number of rotatable bonds is 5. The zero-order valence-electron chi connectivity index (χ0n) is 16.8. The van der Waals surface area contributed by atoms with Crippen LogP contribution in [0.5, 0.6) is 0 Å². The summed E-state index contributed by atoms with van der Waals surface area (Å²) in [7, 11) is 1.35. The van der Waals surface area contributed by atoms with Gasteiger partial charge < -0.3 is 10.1 Å². The summed E-state index contributed by atoms with van der Waals surface area (Å²) >= 11 is 7.83. The van der Waals surface area contributed by atoms with Gasteiger partial charge in [-0.2, -0.15) is 0 Å². The molecule has 1 aromatic carbocycles. The highest BCUT2D eigenvalue weighted by molar-refractivity contribution is 7.15. The summed E-state index contributed by atoms with van der Waals surface area (Å²) in [6, 6.07) is 5.61. The van der Waals surface area contributed by atoms with E-state index in [2.05, 4.69) is 5.32 Å². The van der Waals surface area contributed by atoms with Gasteiger partial charge in [0, 0.05) is 16.6 Å². The van der Waals surface area contributed by atoms with Gasteiger partial charge in [0.2, 0.25) is 0 Å². The number of hydrogen-bond acceptors (Lipinski definition) is 5. The molecule has 0 saturated carbocycles. The summed E-state index contributed by atoms with van der Waals surface area (Å²) in [4.78, 5) is 17.3. The van der Waals surface area contributed by atoms with E-state index in [1.165, 1.54) is 18.4 Å². The first kappa shape index (κ1) is 20.6. The Morgan fingerprint density at radius 2 is 2.27 bits per heavy atom. The van der Waals surface area contributed by atoms with E-state index in [4.69, 9.17) is 21.3 Å². The second-order valence-corrected chi connectivity index (χ2v) is 8.55. The number of thiazole rings is 1. The average molecular weight is 446 g/mol. The number of methoxy groups -OCH3 is 1. The van der Waals surface area contributed by atoms with E-state index in [9.17, 15) is 9.18 Å². The molecule has 0 saturated heterocycles. The van der Waals surface area contributed by atoms with Gasteiger partial charge in [-0.05, 0) is 37.0 Å². The zero-order valence-corrected chi connectivity index (χ0v) is 18.4. The van der Waals surface area contributed by atoms with Crippen LogP contribution in [-0.4, -0.2) is 22.5 Å². The Balaban J connectivity index is 1.92. The Hall–Kier alpha value is -2.64. The van der Waals surface area contributed by atoms with Crippen molar-refractivity contribution in [3.8, 4) is 0 Å². The monoisotopic (exact) mass is 445 g/mol. The fraction of sp³-hybridized carbons (Fsp3) is 0.273. The number of halogens is 2. The fourth-order valence-electron chi connectivity index (χ4n) is 3.49. The number of nitrogens with one attached hydrogen (secondary N) is 1. The lowest BCUT2D eigenvalue weighted by Gasteiger charge is -2.17. The predicted molar refractivity (Wildman–Crippen MR) is 119 cm³/mol. The first-order valence-corrected chi connectivity index (χ1v) is 10.8. The van der Waals surface area contributed by atoms with Gasteiger partial charge in [-0.1, -0.05) is 36.7 Å². The molecule has 0 amide bonds. The third kappa shape index (κ3) is 3.75. The van der Waals surface area contributed by atoms with Crippen molar-refractivity contribution in [2.75, 3.05) is 12.4 Å². The summed E-state index contributed by atoms with van der Waals surface area (Å²) in [5.74, 6) is 0.114. The van der Waals surface area contributed by atoms with Gasteiger partial charge in [-0.15, -0.1) is 11.3 Å². The number of fused-ring (bicyclic) bond motifs is 1. The largest absolute Gasteiger partial charge is 0.469 e. The first-order valence-electron chi connectivity index (χ1n) is 9.55. The van der Waals surface area contributed by atoms with Crippen molar-refractivity contribution in [2.45, 2.75) is 26.7 Å². The molecule has 4 rings (SSSR count). The van der Waals surface area contributed by atoms with E-state index in [-0.39, 0.29) is 24.1 Å². The second kappa shape index (κ2) is 8.24. The lowest BCUT2D eigenvalue weighted by molar-refractivity contribution is -0.139. The van der Waals surface area contributed by atoms with Crippen LogP contribution in [0.2, 0.25) is 5.02 Å². The highest BCUT2D eigenvalue weighted by atomic mass is 35.5. The summed E-state index contributed by atoms with van der Waals surface area (Å²) in [5.41, 5.74) is 3.30. The van der Waals surface area contributed by atoms with Crippen molar-refractivity contribution >= 4 is 50.9 Å². The minimum atomic E-state index is -0.360. The average Bonchev–Trinajstić information content (AvgIpc) is 3.27. The number of carbonyl (C=O) groups is 1. The van der Waals surface area contributed by atoms with Crippen LogP contribution in [0.25, 0.3) is 10.5 Å². The number of nitrogens with zero attached hydrogens (tertiary/aromatic N) is 2. The van der Waals surface area contributed by atoms with Gasteiger partial charge in [0.05, 0.1) is 24.2 Å². The molecule has 2 heterocycles. The second-order valence-electron chi connectivity index (χ2n) is 7.31. The molecule has 1 aliphatic carbocycles. The normalized spacial score (nSPS) is 16.4. The molecule has 1 unspecified atom stereocenters. The SMILES string of the molecule is COC(=O)Cc1csc2nc(C3=CC(C)CC=C3F)c(Nc3c(C)cccc3Cl)n12. The molecule has 0 spiro atoms. The van der Waals surface area contributed by atoms with Crippen LogP contribution in [0.3, 0.4) is 0 Å². The Kier molecular flexibility index (Phi) is 5.66. The Morgan fingerprint density at radius 3 is 3.00 bits per heavy atom. The zero-order chi connectivity index (χ0) is 21.4. The summed E-state index contributed by atoms with van der Waals surface area (Å²) in [6.45, 7) is 3.98. The molecule has 8 heteroatoms. The van der Waals surface area contributed by atoms with E-state index in [1.807, 2.05) is 41.8 Å². The third-order valence-corrected chi connectivity index (χ3v) is 6.27. The van der Waals surface area contributed by atoms with Crippen LogP contribution in [-0.2, 0) is 16.0 Å². The maximum atomic E-state index is 14.8. The van der Waals surface area contributed by atoms with E-state index in [0.717, 1.165) is 5.56 Å². The minimum Gasteiger partial charge on any atom is -0.469 e. The highest BCUT2D eigenvalue weighted by Gasteiger charge is 2.25. The smallest absolute Gasteiger partial charge is 0.311 e. The maximum Gasteiger partial charge on any atom is 0.311 e. The Morgan fingerprint density at radius 1 is 1.47 bits per heavy atom. The molecule has 5 nitrogen and oxygen atoms in total. The molecule has 156 valence electrons. The van der Waals surface area contributed by atoms with Crippen LogP contribution in [0, 0.1) is 12.8 Å². The lowest BCUT2D eigenvalue weighted by atomic mass is 9.95. The number of carbonyl (C=O) groups excluding carboxylic acids is 1. The molecule has 1 aliphatic rings. The number of benzene rings is 1. The number of para-hydroxylation sites is 1. The standard InChI is InChI=1S/C22H21ClFN3O2S/c1-12-7-8-17(24)15(9-12)20-21(25-19-13(2)5-4-6-16(19)23)27-14(10-18(28)29-3)11-30-22(27)26-20/h4-6,8-9,11-12,25H,7,10H2,1-3H3. The molecule has 0 bridgehead atoms. The third-order valence-electron chi connectivity index (χ3n) is 5.09. The van der Waals surface area contributed by atoms with Crippen molar-refractivity contribution in [2.24, 2.45) is 5.92 Å². The quantitative estimate of drug-likeness (QED) is 0.482. The maximum absolute atomic E-state index is 14.8. The molecule has 2 aromatic heterocycles. The van der Waals surface area contributed by atoms with E-state index in [0.29, 0.717) is 44.9 Å². The number of anilines is 2. The first-order chi connectivity index (χ1) is 14.4. The Labute approximate surface area is 182 Å². The minimum absolute atomic E-state index is 0.0796. The topological polar surface area (TPSA) is 55.6 Å². The molecule has 30 heavy (non-hydrogen) atoms. The van der Waals surface area contributed by atoms with Crippen LogP contribution in [0.15, 0.2) is 41.6 Å². The summed E-state index contributed by atoms with van der Waals surface area (Å²) < 4.78 is 21.5. The predicted octanol–water partition coefficient (Wildman–Crippen LogP) is 6.09. The van der Waals surface area contributed by atoms with Gasteiger partial charge in [0.15, 0.2) is 4.96 Å². The van der Waals surface area contributed by atoms with E-state index in [1.54, 1.807) is 12.1 Å². The number of aryl methyl sites for hydroxylation is 1. The highest BCUT2D eigenvalue weighted by Crippen LogP contribution is 2.39. The fourth-order valence-corrected chi connectivity index (χ4v) is 4.65. The number of hydrogen-bond donors (Lipinski definition) is 1.